The first-order valence-electron chi connectivity index (χ1n) is 14.5. The molecule has 3 amide bonds. The van der Waals surface area contributed by atoms with Crippen LogP contribution in [0, 0.1) is 5.41 Å². The minimum atomic E-state index is -0.826. The molecule has 1 saturated carbocycles. The first kappa shape index (κ1) is 31.4. The number of rotatable bonds is 11. The molecule has 1 aromatic rings. The summed E-state index contributed by atoms with van der Waals surface area (Å²) in [5, 5.41) is 13.6. The van der Waals surface area contributed by atoms with Crippen LogP contribution in [0.5, 0.6) is 0 Å². The monoisotopic (exact) mass is 633 g/mol. The van der Waals surface area contributed by atoms with E-state index in [2.05, 4.69) is 37.0 Å². The van der Waals surface area contributed by atoms with Gasteiger partial charge in [-0.3, -0.25) is 14.4 Å². The Kier molecular flexibility index (Phi) is 9.81. The van der Waals surface area contributed by atoms with Gasteiger partial charge in [0.25, 0.3) is 5.91 Å². The highest BCUT2D eigenvalue weighted by molar-refractivity contribution is 9.10. The Morgan fingerprint density at radius 2 is 2.00 bits per heavy atom. The standard InChI is InChI=1S/C30H44BrN5O5/c1-7-9-21(24(40-6)27(38)33-20-12-13-20)34-26(37)23-16-30(17-36(23)28(39)25(32-5)29(2,3)4)15-22(35-41-30)18-10-8-11-19(31)14-18/h8,10-11,14,20-21,23-25,32H,7,9,12-13,15-17H2,1-6H3,(H,33,38)(H,34,37)/t21?,23-,24?,25+,30+/m0/s1. The van der Waals surface area contributed by atoms with Crippen LogP contribution in [0.4, 0.5) is 0 Å². The number of ether oxygens (including phenoxy) is 1. The van der Waals surface area contributed by atoms with Crippen molar-refractivity contribution in [2.45, 2.75) is 102 Å². The highest BCUT2D eigenvalue weighted by Crippen LogP contribution is 2.40. The first-order valence-corrected chi connectivity index (χ1v) is 15.3. The van der Waals surface area contributed by atoms with Gasteiger partial charge in [-0.25, -0.2) is 0 Å². The van der Waals surface area contributed by atoms with Crippen molar-refractivity contribution in [2.75, 3.05) is 20.7 Å². The smallest absolute Gasteiger partial charge is 0.251 e. The maximum Gasteiger partial charge on any atom is 0.251 e. The Hall–Kier alpha value is -2.50. The SMILES string of the molecule is CCCC(NC(=O)[C@@H]1C[C@]2(CC(c3cccc(Br)c3)=NO2)CN1C(=O)[C@@H](NC)C(C)(C)C)C(OC)C(=O)NC1CC1. The molecule has 1 spiro atoms. The van der Waals surface area contributed by atoms with E-state index in [4.69, 9.17) is 9.57 Å². The third kappa shape index (κ3) is 7.29. The van der Waals surface area contributed by atoms with Crippen LogP contribution in [-0.2, 0) is 24.0 Å². The van der Waals surface area contributed by atoms with Gasteiger partial charge >= 0.3 is 0 Å². The molecule has 226 valence electrons. The van der Waals surface area contributed by atoms with E-state index in [0.29, 0.717) is 12.8 Å². The van der Waals surface area contributed by atoms with Crippen LogP contribution in [0.25, 0.3) is 0 Å². The average molecular weight is 635 g/mol. The van der Waals surface area contributed by atoms with Gasteiger partial charge < -0.3 is 30.4 Å². The molecule has 3 aliphatic rings. The number of methoxy groups -OCH3 is 1. The molecule has 2 heterocycles. The number of carbonyl (C=O) groups is 3. The Morgan fingerprint density at radius 1 is 1.27 bits per heavy atom. The van der Waals surface area contributed by atoms with Crippen LogP contribution in [-0.4, -0.2) is 84.9 Å². The lowest BCUT2D eigenvalue weighted by atomic mass is 9.85. The number of benzene rings is 1. The molecule has 2 aliphatic heterocycles. The van der Waals surface area contributed by atoms with Crippen molar-refractivity contribution in [1.29, 1.82) is 0 Å². The van der Waals surface area contributed by atoms with E-state index in [0.717, 1.165) is 35.0 Å². The molecule has 5 atom stereocenters. The molecule has 11 heteroatoms. The number of likely N-dealkylation sites (tertiary alicyclic amines) is 1. The normalized spacial score (nSPS) is 24.4. The first-order chi connectivity index (χ1) is 19.4. The van der Waals surface area contributed by atoms with Crippen molar-refractivity contribution >= 4 is 39.4 Å². The largest absolute Gasteiger partial charge is 0.387 e. The fraction of sp³-hybridized carbons (Fsp3) is 0.667. The minimum absolute atomic E-state index is 0.168. The van der Waals surface area contributed by atoms with Gasteiger partial charge in [-0.05, 0) is 43.9 Å². The fourth-order valence-electron chi connectivity index (χ4n) is 5.90. The average Bonchev–Trinajstić information content (AvgIpc) is 3.49. The molecule has 0 bridgehead atoms. The van der Waals surface area contributed by atoms with Crippen molar-refractivity contribution in [3.63, 3.8) is 0 Å². The number of nitrogens with one attached hydrogen (secondary N) is 3. The number of hydrogen-bond acceptors (Lipinski definition) is 7. The zero-order valence-electron chi connectivity index (χ0n) is 25.0. The molecular formula is C30H44BrN5O5. The van der Waals surface area contributed by atoms with E-state index in [1.165, 1.54) is 7.11 Å². The molecule has 1 saturated heterocycles. The Morgan fingerprint density at radius 3 is 2.59 bits per heavy atom. The summed E-state index contributed by atoms with van der Waals surface area (Å²) in [5.41, 5.74) is 0.498. The van der Waals surface area contributed by atoms with Crippen molar-refractivity contribution < 1.29 is 24.0 Å². The van der Waals surface area contributed by atoms with E-state index in [1.807, 2.05) is 52.0 Å². The summed E-state index contributed by atoms with van der Waals surface area (Å²) in [6, 6.07) is 6.17. The van der Waals surface area contributed by atoms with Gasteiger partial charge in [-0.2, -0.15) is 0 Å². The van der Waals surface area contributed by atoms with E-state index in [-0.39, 0.29) is 42.1 Å². The van der Waals surface area contributed by atoms with Crippen LogP contribution >= 0.6 is 15.9 Å². The van der Waals surface area contributed by atoms with Gasteiger partial charge in [0.15, 0.2) is 11.7 Å². The molecule has 0 aromatic heterocycles. The summed E-state index contributed by atoms with van der Waals surface area (Å²) >= 11 is 3.52. The summed E-state index contributed by atoms with van der Waals surface area (Å²) in [7, 11) is 3.24. The predicted molar refractivity (Wildman–Crippen MR) is 160 cm³/mol. The van der Waals surface area contributed by atoms with Crippen molar-refractivity contribution in [3.05, 3.63) is 34.3 Å². The number of carbonyl (C=O) groups excluding carboxylic acids is 3. The van der Waals surface area contributed by atoms with Crippen LogP contribution in [0.3, 0.4) is 0 Å². The Balaban J connectivity index is 1.58. The Labute approximate surface area is 251 Å². The Bertz CT molecular complexity index is 1170. The zero-order valence-corrected chi connectivity index (χ0v) is 26.5. The van der Waals surface area contributed by atoms with Gasteiger partial charge in [-0.1, -0.05) is 67.3 Å². The lowest BCUT2D eigenvalue weighted by Gasteiger charge is -2.35. The molecule has 1 aliphatic carbocycles. The molecule has 10 nitrogen and oxygen atoms in total. The third-order valence-electron chi connectivity index (χ3n) is 8.11. The predicted octanol–water partition coefficient (Wildman–Crippen LogP) is 3.13. The van der Waals surface area contributed by atoms with Crippen molar-refractivity contribution in [3.8, 4) is 0 Å². The summed E-state index contributed by atoms with van der Waals surface area (Å²) in [5.74, 6) is -0.713. The number of hydrogen-bond donors (Lipinski definition) is 3. The summed E-state index contributed by atoms with van der Waals surface area (Å²) in [6.07, 6.45) is 3.15. The van der Waals surface area contributed by atoms with Gasteiger partial charge in [-0.15, -0.1) is 0 Å². The van der Waals surface area contributed by atoms with Gasteiger partial charge in [0.1, 0.15) is 6.04 Å². The molecule has 2 fully saturated rings. The topological polar surface area (TPSA) is 121 Å². The second-order valence-electron chi connectivity index (χ2n) is 12.6. The van der Waals surface area contributed by atoms with E-state index in [1.54, 1.807) is 11.9 Å². The molecule has 4 rings (SSSR count). The van der Waals surface area contributed by atoms with Crippen molar-refractivity contribution in [1.82, 2.24) is 20.9 Å². The van der Waals surface area contributed by atoms with Gasteiger partial charge in [0.2, 0.25) is 11.8 Å². The number of likely N-dealkylation sites (N-methyl/N-ethyl adjacent to an activating group) is 1. The maximum atomic E-state index is 14.0. The second-order valence-corrected chi connectivity index (χ2v) is 13.5. The highest BCUT2D eigenvalue weighted by atomic mass is 79.9. The van der Waals surface area contributed by atoms with Crippen LogP contribution in [0.2, 0.25) is 0 Å². The van der Waals surface area contributed by atoms with Gasteiger partial charge in [0, 0.05) is 36.0 Å². The quantitative estimate of drug-likeness (QED) is 0.344. The molecule has 2 unspecified atom stereocenters. The van der Waals surface area contributed by atoms with Crippen LogP contribution < -0.4 is 16.0 Å². The maximum absolute atomic E-state index is 14.0. The summed E-state index contributed by atoms with van der Waals surface area (Å²) < 4.78 is 6.53. The number of amides is 3. The fourth-order valence-corrected chi connectivity index (χ4v) is 6.30. The van der Waals surface area contributed by atoms with Crippen molar-refractivity contribution in [2.24, 2.45) is 10.6 Å². The summed E-state index contributed by atoms with van der Waals surface area (Å²) in [6.45, 7) is 8.21. The van der Waals surface area contributed by atoms with Crippen LogP contribution in [0.1, 0.15) is 71.8 Å². The lowest BCUT2D eigenvalue weighted by molar-refractivity contribution is -0.143. The molecule has 1 aromatic carbocycles. The van der Waals surface area contributed by atoms with Crippen LogP contribution in [0.15, 0.2) is 33.9 Å². The molecule has 41 heavy (non-hydrogen) atoms. The zero-order chi connectivity index (χ0) is 29.9. The third-order valence-corrected chi connectivity index (χ3v) is 8.61. The minimum Gasteiger partial charge on any atom is -0.387 e. The van der Waals surface area contributed by atoms with E-state index < -0.39 is 29.8 Å². The second kappa shape index (κ2) is 12.8. The van der Waals surface area contributed by atoms with E-state index >= 15 is 0 Å². The molecule has 0 radical (unpaired) electrons. The highest BCUT2D eigenvalue weighted by Gasteiger charge is 2.55. The molecular weight excluding hydrogens is 590 g/mol. The lowest BCUT2D eigenvalue weighted by Crippen LogP contribution is -2.58. The molecule has 3 N–H and O–H groups in total. The number of nitrogens with zero attached hydrogens (tertiary/aromatic N) is 2. The number of halogens is 1. The van der Waals surface area contributed by atoms with Gasteiger partial charge in [0.05, 0.1) is 24.3 Å². The summed E-state index contributed by atoms with van der Waals surface area (Å²) in [4.78, 5) is 48.7. The number of oxime groups is 1. The van der Waals surface area contributed by atoms with E-state index in [9.17, 15) is 14.4 Å².